The number of hydrogen-bond donors (Lipinski definition) is 3. The Labute approximate surface area is 219 Å². The van der Waals surface area contributed by atoms with E-state index in [1.165, 1.54) is 19.2 Å². The van der Waals surface area contributed by atoms with Gasteiger partial charge in [-0.05, 0) is 42.0 Å². The molecular weight excluding hydrogens is 565 g/mol. The van der Waals surface area contributed by atoms with Crippen LogP contribution in [0.15, 0.2) is 66.9 Å². The summed E-state index contributed by atoms with van der Waals surface area (Å²) in [6.45, 7) is 0. The van der Waals surface area contributed by atoms with Crippen molar-refractivity contribution >= 4 is 17.7 Å². The zero-order chi connectivity index (χ0) is 30.3. The van der Waals surface area contributed by atoms with Crippen molar-refractivity contribution < 1.29 is 58.9 Å². The van der Waals surface area contributed by atoms with Crippen molar-refractivity contribution in [2.45, 2.75) is 24.6 Å². The third kappa shape index (κ3) is 9.06. The molecular formula is C24H18F9N3O4. The van der Waals surface area contributed by atoms with Crippen LogP contribution < -0.4 is 15.4 Å². The fourth-order valence-corrected chi connectivity index (χ4v) is 3.06. The first kappa shape index (κ1) is 31.7. The number of anilines is 1. The van der Waals surface area contributed by atoms with Crippen LogP contribution in [0.25, 0.3) is 0 Å². The predicted molar refractivity (Wildman–Crippen MR) is 121 cm³/mol. The maximum atomic E-state index is 13.6. The molecule has 7 nitrogen and oxygen atoms in total. The first-order valence-corrected chi connectivity index (χ1v) is 10.6. The number of aromatic nitrogens is 1. The summed E-state index contributed by atoms with van der Waals surface area (Å²) in [5, 5.41) is 12.0. The van der Waals surface area contributed by atoms with Crippen LogP contribution in [0.4, 0.5) is 50.0 Å². The first-order valence-electron chi connectivity index (χ1n) is 10.6. The number of carbonyl (C=O) groups is 2. The molecule has 0 saturated carbocycles. The number of nitrogens with zero attached hydrogens (tertiary/aromatic N) is 1. The number of ether oxygens (including phenoxy) is 1. The van der Waals surface area contributed by atoms with E-state index < -0.39 is 53.4 Å². The van der Waals surface area contributed by atoms with Crippen LogP contribution in [0.2, 0.25) is 0 Å². The van der Waals surface area contributed by atoms with Gasteiger partial charge in [-0.1, -0.05) is 18.2 Å². The van der Waals surface area contributed by atoms with Crippen molar-refractivity contribution in [2.24, 2.45) is 0 Å². The molecule has 3 aromatic rings. The Morgan fingerprint density at radius 3 is 1.98 bits per heavy atom. The molecule has 0 saturated heterocycles. The number of methoxy groups -OCH3 is 1. The zero-order valence-corrected chi connectivity index (χ0v) is 19.9. The molecule has 1 heterocycles. The number of nitrogens with one attached hydrogen (secondary N) is 2. The lowest BCUT2D eigenvalue weighted by molar-refractivity contribution is -0.192. The number of carboxylic acid groups (broad SMARTS) is 1. The molecule has 1 aromatic heterocycles. The van der Waals surface area contributed by atoms with Gasteiger partial charge in [0.25, 0.3) is 0 Å². The quantitative estimate of drug-likeness (QED) is 0.292. The SMILES string of the molecule is COc1cccc(NC(=O)N[C@@H](c2ccc(C(F)(F)F)cc2)c2ncccc2C(F)(F)F)c1.O=C(O)C(F)(F)F. The molecule has 40 heavy (non-hydrogen) atoms. The Morgan fingerprint density at radius 1 is 0.875 bits per heavy atom. The lowest BCUT2D eigenvalue weighted by atomic mass is 9.98. The van der Waals surface area contributed by atoms with Gasteiger partial charge in [0.1, 0.15) is 5.75 Å². The van der Waals surface area contributed by atoms with E-state index in [2.05, 4.69) is 15.6 Å². The van der Waals surface area contributed by atoms with Crippen LogP contribution in [0, 0.1) is 0 Å². The molecule has 1 atom stereocenters. The monoisotopic (exact) mass is 583 g/mol. The number of amides is 2. The molecule has 0 fully saturated rings. The lowest BCUT2D eigenvalue weighted by Crippen LogP contribution is -2.35. The Hall–Kier alpha value is -4.50. The predicted octanol–water partition coefficient (Wildman–Crippen LogP) is 6.67. The molecule has 0 bridgehead atoms. The number of hydrogen-bond acceptors (Lipinski definition) is 4. The number of benzene rings is 2. The van der Waals surface area contributed by atoms with Gasteiger partial charge < -0.3 is 20.5 Å². The number of aliphatic carboxylic acids is 1. The highest BCUT2D eigenvalue weighted by Gasteiger charge is 2.39. The van der Waals surface area contributed by atoms with Crippen LogP contribution in [-0.2, 0) is 17.1 Å². The number of carbonyl (C=O) groups excluding carboxylic acids is 1. The molecule has 0 spiro atoms. The van der Waals surface area contributed by atoms with E-state index in [4.69, 9.17) is 14.6 Å². The van der Waals surface area contributed by atoms with Crippen molar-refractivity contribution in [3.63, 3.8) is 0 Å². The summed E-state index contributed by atoms with van der Waals surface area (Å²) in [5.74, 6) is -2.33. The highest BCUT2D eigenvalue weighted by molar-refractivity contribution is 5.90. The van der Waals surface area contributed by atoms with E-state index in [0.717, 1.165) is 42.6 Å². The van der Waals surface area contributed by atoms with Gasteiger partial charge in [-0.2, -0.15) is 39.5 Å². The minimum Gasteiger partial charge on any atom is -0.497 e. The average molecular weight is 583 g/mol. The van der Waals surface area contributed by atoms with Crippen LogP contribution >= 0.6 is 0 Å². The molecule has 0 unspecified atom stereocenters. The number of rotatable bonds is 5. The summed E-state index contributed by atoms with van der Waals surface area (Å²) >= 11 is 0. The van der Waals surface area contributed by atoms with Crippen molar-refractivity contribution in [3.8, 4) is 5.75 Å². The van der Waals surface area contributed by atoms with Gasteiger partial charge >= 0.3 is 30.5 Å². The minimum absolute atomic E-state index is 0.0204. The smallest absolute Gasteiger partial charge is 0.490 e. The van der Waals surface area contributed by atoms with Crippen molar-refractivity contribution in [1.82, 2.24) is 10.3 Å². The van der Waals surface area contributed by atoms with Crippen molar-refractivity contribution in [3.05, 3.63) is 89.2 Å². The number of pyridine rings is 1. The average Bonchev–Trinajstić information content (AvgIpc) is 2.86. The van der Waals surface area contributed by atoms with Gasteiger partial charge in [-0.3, -0.25) is 4.98 Å². The molecule has 2 aromatic carbocycles. The standard InChI is InChI=1S/C22H17F6N3O2.C2HF3O2/c1-33-16-5-2-4-15(12-16)30-20(32)31-18(13-7-9-14(10-8-13)21(23,24)25)19-17(22(26,27)28)6-3-11-29-19;3-2(4,5)1(6)7/h2-12,18H,1H3,(H2,30,31,32);(H,6,7)/t18-;/m0./s1. The molecule has 16 heteroatoms. The van der Waals surface area contributed by atoms with Crippen LogP contribution in [0.1, 0.15) is 28.4 Å². The summed E-state index contributed by atoms with van der Waals surface area (Å²) in [6.07, 6.45) is -13.4. The maximum absolute atomic E-state index is 13.6. The Bertz CT molecular complexity index is 1310. The normalized spacial score (nSPS) is 12.4. The van der Waals surface area contributed by atoms with Gasteiger partial charge in [0.2, 0.25) is 0 Å². The van der Waals surface area contributed by atoms with E-state index in [0.29, 0.717) is 5.75 Å². The zero-order valence-electron chi connectivity index (χ0n) is 19.9. The summed E-state index contributed by atoms with van der Waals surface area (Å²) in [4.78, 5) is 25.3. The first-order chi connectivity index (χ1) is 18.4. The molecule has 2 amide bonds. The Balaban J connectivity index is 0.000000708. The second-order valence-electron chi connectivity index (χ2n) is 7.62. The number of urea groups is 1. The Morgan fingerprint density at radius 2 is 1.48 bits per heavy atom. The number of alkyl halides is 9. The second kappa shape index (κ2) is 12.6. The van der Waals surface area contributed by atoms with E-state index in [-0.39, 0.29) is 11.3 Å². The molecule has 3 rings (SSSR count). The summed E-state index contributed by atoms with van der Waals surface area (Å²) in [7, 11) is 1.42. The molecule has 216 valence electrons. The van der Waals surface area contributed by atoms with Gasteiger partial charge in [0, 0.05) is 18.0 Å². The minimum atomic E-state index is -5.08. The Kier molecular flexibility index (Phi) is 9.97. The van der Waals surface area contributed by atoms with Crippen LogP contribution in [0.3, 0.4) is 0 Å². The van der Waals surface area contributed by atoms with Crippen molar-refractivity contribution in [2.75, 3.05) is 12.4 Å². The van der Waals surface area contributed by atoms with Gasteiger partial charge in [0.15, 0.2) is 0 Å². The van der Waals surface area contributed by atoms with E-state index in [1.807, 2.05) is 0 Å². The van der Waals surface area contributed by atoms with E-state index in [1.54, 1.807) is 12.1 Å². The highest BCUT2D eigenvalue weighted by Crippen LogP contribution is 2.36. The molecule has 0 aliphatic heterocycles. The summed E-state index contributed by atoms with van der Waals surface area (Å²) in [5.41, 5.74) is -2.41. The second-order valence-corrected chi connectivity index (χ2v) is 7.62. The van der Waals surface area contributed by atoms with Gasteiger partial charge in [-0.15, -0.1) is 0 Å². The molecule has 3 N–H and O–H groups in total. The number of carboxylic acids is 1. The topological polar surface area (TPSA) is 101 Å². The molecule has 0 aliphatic rings. The van der Waals surface area contributed by atoms with Crippen LogP contribution in [0.5, 0.6) is 5.75 Å². The fourth-order valence-electron chi connectivity index (χ4n) is 3.06. The molecule has 0 radical (unpaired) electrons. The van der Waals surface area contributed by atoms with Crippen molar-refractivity contribution in [1.29, 1.82) is 0 Å². The van der Waals surface area contributed by atoms with E-state index >= 15 is 0 Å². The maximum Gasteiger partial charge on any atom is 0.490 e. The fraction of sp³-hybridized carbons (Fsp3) is 0.208. The summed E-state index contributed by atoms with van der Waals surface area (Å²) < 4.78 is 116. The van der Waals surface area contributed by atoms with E-state index in [9.17, 15) is 44.3 Å². The number of halogens is 9. The summed E-state index contributed by atoms with van der Waals surface area (Å²) in [6, 6.07) is 9.12. The lowest BCUT2D eigenvalue weighted by Gasteiger charge is -2.23. The third-order valence-electron chi connectivity index (χ3n) is 4.83. The third-order valence-corrected chi connectivity index (χ3v) is 4.83. The highest BCUT2D eigenvalue weighted by atomic mass is 19.4. The largest absolute Gasteiger partial charge is 0.497 e. The van der Waals surface area contributed by atoms with Crippen LogP contribution in [-0.4, -0.2) is 35.4 Å². The molecule has 0 aliphatic carbocycles. The van der Waals surface area contributed by atoms with Gasteiger partial charge in [0.05, 0.1) is 30.0 Å². The van der Waals surface area contributed by atoms with Gasteiger partial charge in [-0.25, -0.2) is 9.59 Å².